The highest BCUT2D eigenvalue weighted by molar-refractivity contribution is 7.88. The van der Waals surface area contributed by atoms with E-state index in [9.17, 15) is 27.3 Å². The molecule has 1 aromatic carbocycles. The lowest BCUT2D eigenvalue weighted by molar-refractivity contribution is -0.385. The summed E-state index contributed by atoms with van der Waals surface area (Å²) in [5, 5.41) is 13.1. The molecule has 0 amide bonds. The maximum Gasteiger partial charge on any atom is 0.270 e. The van der Waals surface area contributed by atoms with Crippen LogP contribution in [0.25, 0.3) is 0 Å². The first-order valence-electron chi connectivity index (χ1n) is 5.45. The normalized spacial score (nSPS) is 11.6. The van der Waals surface area contributed by atoms with Crippen LogP contribution in [0.15, 0.2) is 18.2 Å². The zero-order chi connectivity index (χ0) is 15.3. The van der Waals surface area contributed by atoms with E-state index in [-0.39, 0.29) is 18.8 Å². The number of rotatable bonds is 7. The molecule has 10 heteroatoms. The minimum atomic E-state index is -3.35. The van der Waals surface area contributed by atoms with Gasteiger partial charge in [-0.3, -0.25) is 10.1 Å². The Morgan fingerprint density at radius 2 is 2.00 bits per heavy atom. The molecule has 1 aromatic rings. The summed E-state index contributed by atoms with van der Waals surface area (Å²) in [7, 11) is -3.35. The van der Waals surface area contributed by atoms with Gasteiger partial charge in [-0.05, 0) is 6.07 Å². The van der Waals surface area contributed by atoms with Crippen LogP contribution in [0.3, 0.4) is 0 Å². The summed E-state index contributed by atoms with van der Waals surface area (Å²) in [6, 6.07) is 3.05. The van der Waals surface area contributed by atoms with Crippen molar-refractivity contribution in [2.75, 3.05) is 24.7 Å². The zero-order valence-electron chi connectivity index (χ0n) is 10.5. The van der Waals surface area contributed by atoms with E-state index < -0.39 is 32.6 Å². The summed E-state index contributed by atoms with van der Waals surface area (Å²) in [6.07, 6.45) is -1.90. The number of alkyl halides is 2. The van der Waals surface area contributed by atoms with Crippen molar-refractivity contribution in [2.24, 2.45) is 0 Å². The lowest BCUT2D eigenvalue weighted by Gasteiger charge is -2.11. The van der Waals surface area contributed by atoms with Crippen molar-refractivity contribution in [2.45, 2.75) is 6.43 Å². The highest BCUT2D eigenvalue weighted by Crippen LogP contribution is 2.30. The molecule has 0 spiro atoms. The number of non-ortho nitro benzene ring substituents is 1. The van der Waals surface area contributed by atoms with Crippen LogP contribution >= 0.6 is 0 Å². The average Bonchev–Trinajstić information content (AvgIpc) is 2.33. The Balaban J connectivity index is 2.77. The zero-order valence-corrected chi connectivity index (χ0v) is 11.3. The Morgan fingerprint density at radius 1 is 1.35 bits per heavy atom. The van der Waals surface area contributed by atoms with Gasteiger partial charge in [0, 0.05) is 36.5 Å². The van der Waals surface area contributed by atoms with Crippen molar-refractivity contribution in [1.82, 2.24) is 4.72 Å². The molecule has 0 fully saturated rings. The van der Waals surface area contributed by atoms with Crippen LogP contribution in [0.2, 0.25) is 0 Å². The molecule has 112 valence electrons. The van der Waals surface area contributed by atoms with Gasteiger partial charge in [-0.1, -0.05) is 0 Å². The summed E-state index contributed by atoms with van der Waals surface area (Å²) in [6.45, 7) is 0.0864. The second-order valence-electron chi connectivity index (χ2n) is 3.92. The Morgan fingerprint density at radius 3 is 2.50 bits per heavy atom. The first-order chi connectivity index (χ1) is 9.20. The number of sulfonamides is 1. The average molecular weight is 309 g/mol. The van der Waals surface area contributed by atoms with Crippen molar-refractivity contribution in [3.63, 3.8) is 0 Å². The third kappa shape index (κ3) is 5.05. The van der Waals surface area contributed by atoms with Gasteiger partial charge in [-0.25, -0.2) is 21.9 Å². The molecule has 2 N–H and O–H groups in total. The number of benzene rings is 1. The van der Waals surface area contributed by atoms with Crippen LogP contribution in [0.5, 0.6) is 0 Å². The summed E-state index contributed by atoms with van der Waals surface area (Å²) >= 11 is 0. The van der Waals surface area contributed by atoms with E-state index in [1.165, 1.54) is 6.07 Å². The lowest BCUT2D eigenvalue weighted by Crippen LogP contribution is -2.27. The molecule has 0 saturated carbocycles. The molecule has 7 nitrogen and oxygen atoms in total. The fourth-order valence-corrected chi connectivity index (χ4v) is 1.91. The summed E-state index contributed by atoms with van der Waals surface area (Å²) < 4.78 is 49.4. The number of nitro groups is 1. The monoisotopic (exact) mass is 309 g/mol. The van der Waals surface area contributed by atoms with Gasteiger partial charge >= 0.3 is 0 Å². The SMILES string of the molecule is CS(=O)(=O)NCCNc1ccc([N+](=O)[O-])cc1C(F)F. The molecule has 0 aliphatic heterocycles. The van der Waals surface area contributed by atoms with Gasteiger partial charge in [0.25, 0.3) is 12.1 Å². The van der Waals surface area contributed by atoms with Crippen molar-refractivity contribution < 1.29 is 22.1 Å². The van der Waals surface area contributed by atoms with E-state index in [2.05, 4.69) is 10.0 Å². The predicted molar refractivity (Wildman–Crippen MR) is 69.4 cm³/mol. The van der Waals surface area contributed by atoms with Crippen LogP contribution in [-0.2, 0) is 10.0 Å². The van der Waals surface area contributed by atoms with Crippen LogP contribution in [0.1, 0.15) is 12.0 Å². The van der Waals surface area contributed by atoms with Gasteiger partial charge in [0.1, 0.15) is 0 Å². The summed E-state index contributed by atoms with van der Waals surface area (Å²) in [5.74, 6) is 0. The lowest BCUT2D eigenvalue weighted by atomic mass is 10.1. The van der Waals surface area contributed by atoms with Crippen molar-refractivity contribution in [3.05, 3.63) is 33.9 Å². The molecule has 1 rings (SSSR count). The Bertz CT molecular complexity index is 592. The molecule has 0 bridgehead atoms. The number of hydrogen-bond acceptors (Lipinski definition) is 5. The number of nitrogens with zero attached hydrogens (tertiary/aromatic N) is 1. The van der Waals surface area contributed by atoms with E-state index in [4.69, 9.17) is 0 Å². The molecule has 20 heavy (non-hydrogen) atoms. The number of hydrogen-bond donors (Lipinski definition) is 2. The van der Waals surface area contributed by atoms with Crippen LogP contribution in [-0.4, -0.2) is 32.7 Å². The van der Waals surface area contributed by atoms with Crippen molar-refractivity contribution >= 4 is 21.4 Å². The van der Waals surface area contributed by atoms with Crippen LogP contribution in [0, 0.1) is 10.1 Å². The van der Waals surface area contributed by atoms with Crippen LogP contribution in [0.4, 0.5) is 20.2 Å². The summed E-state index contributed by atoms with van der Waals surface area (Å²) in [4.78, 5) is 9.76. The number of nitro benzene ring substituents is 1. The highest BCUT2D eigenvalue weighted by Gasteiger charge is 2.17. The molecule has 0 atom stereocenters. The molecule has 0 aromatic heterocycles. The number of halogens is 2. The fourth-order valence-electron chi connectivity index (χ4n) is 1.44. The number of nitrogens with one attached hydrogen (secondary N) is 2. The molecular weight excluding hydrogens is 296 g/mol. The minimum Gasteiger partial charge on any atom is -0.383 e. The van der Waals surface area contributed by atoms with Gasteiger partial charge in [-0.2, -0.15) is 0 Å². The molecular formula is C10H13F2N3O4S. The molecule has 0 radical (unpaired) electrons. The van der Waals surface area contributed by atoms with Gasteiger partial charge in [-0.15, -0.1) is 0 Å². The smallest absolute Gasteiger partial charge is 0.270 e. The van der Waals surface area contributed by atoms with Gasteiger partial charge in [0.05, 0.1) is 11.2 Å². The maximum atomic E-state index is 12.8. The third-order valence-corrected chi connectivity index (χ3v) is 3.01. The maximum absolute atomic E-state index is 12.8. The largest absolute Gasteiger partial charge is 0.383 e. The topological polar surface area (TPSA) is 101 Å². The second kappa shape index (κ2) is 6.57. The van der Waals surface area contributed by atoms with Crippen molar-refractivity contribution in [1.29, 1.82) is 0 Å². The summed E-state index contributed by atoms with van der Waals surface area (Å²) in [5.41, 5.74) is -0.903. The van der Waals surface area contributed by atoms with Gasteiger partial charge in [0.15, 0.2) is 0 Å². The molecule has 0 heterocycles. The second-order valence-corrected chi connectivity index (χ2v) is 5.76. The molecule has 0 unspecified atom stereocenters. The Labute approximate surface area is 114 Å². The predicted octanol–water partition coefficient (Wildman–Crippen LogP) is 1.49. The highest BCUT2D eigenvalue weighted by atomic mass is 32.2. The Hall–Kier alpha value is -1.81. The van der Waals surface area contributed by atoms with Crippen LogP contribution < -0.4 is 10.0 Å². The fraction of sp³-hybridized carbons (Fsp3) is 0.400. The van der Waals surface area contributed by atoms with E-state index in [1.54, 1.807) is 0 Å². The van der Waals surface area contributed by atoms with E-state index in [0.29, 0.717) is 0 Å². The molecule has 0 saturated heterocycles. The van der Waals surface area contributed by atoms with E-state index >= 15 is 0 Å². The first kappa shape index (κ1) is 16.2. The standard InChI is InChI=1S/C10H13F2N3O4S/c1-20(18,19)14-5-4-13-9-3-2-7(15(16)17)6-8(9)10(11)12/h2-3,6,10,13-14H,4-5H2,1H3. The Kier molecular flexibility index (Phi) is 5.34. The van der Waals surface area contributed by atoms with E-state index in [1.807, 2.05) is 0 Å². The first-order valence-corrected chi connectivity index (χ1v) is 7.35. The molecule has 0 aliphatic rings. The number of anilines is 1. The van der Waals surface area contributed by atoms with Crippen molar-refractivity contribution in [3.8, 4) is 0 Å². The van der Waals surface area contributed by atoms with E-state index in [0.717, 1.165) is 18.4 Å². The third-order valence-electron chi connectivity index (χ3n) is 2.29. The van der Waals surface area contributed by atoms with Gasteiger partial charge < -0.3 is 5.32 Å². The quantitative estimate of drug-likeness (QED) is 0.451. The minimum absolute atomic E-state index is 0.0124. The van der Waals surface area contributed by atoms with Gasteiger partial charge in [0.2, 0.25) is 10.0 Å². The molecule has 0 aliphatic carbocycles.